The van der Waals surface area contributed by atoms with Gasteiger partial charge in [0.05, 0.1) is 18.2 Å². The van der Waals surface area contributed by atoms with E-state index in [1.54, 1.807) is 13.2 Å². The molecule has 9 heteroatoms. The third kappa shape index (κ3) is 8.61. The number of hydrogen-bond acceptors (Lipinski definition) is 7. The normalized spacial score (nSPS) is 16.9. The van der Waals surface area contributed by atoms with E-state index in [1.165, 1.54) is 4.68 Å². The second-order valence-corrected chi connectivity index (χ2v) is 11.6. The van der Waals surface area contributed by atoms with E-state index in [4.69, 9.17) is 14.2 Å². The van der Waals surface area contributed by atoms with Crippen molar-refractivity contribution >= 4 is 11.9 Å². The van der Waals surface area contributed by atoms with Gasteiger partial charge in [-0.3, -0.25) is 14.3 Å². The molecule has 5 rings (SSSR count). The second-order valence-electron chi connectivity index (χ2n) is 11.6. The Bertz CT molecular complexity index is 1490. The summed E-state index contributed by atoms with van der Waals surface area (Å²) >= 11 is 0. The fourth-order valence-corrected chi connectivity index (χ4v) is 5.40. The molecule has 1 aliphatic rings. The summed E-state index contributed by atoms with van der Waals surface area (Å²) in [5.74, 6) is -0.754. The topological polar surface area (TPSA) is 105 Å². The highest BCUT2D eigenvalue weighted by Crippen LogP contribution is 2.30. The highest BCUT2D eigenvalue weighted by molar-refractivity contribution is 5.92. The van der Waals surface area contributed by atoms with Crippen molar-refractivity contribution < 1.29 is 23.8 Å². The van der Waals surface area contributed by atoms with E-state index in [9.17, 15) is 9.59 Å². The number of nitrogens with zero attached hydrogens (tertiary/aromatic N) is 3. The smallest absolute Gasteiger partial charge is 0.314 e. The minimum absolute atomic E-state index is 0.0930. The Morgan fingerprint density at radius 2 is 1.68 bits per heavy atom. The van der Waals surface area contributed by atoms with Crippen LogP contribution in [0.5, 0.6) is 0 Å². The van der Waals surface area contributed by atoms with Crippen LogP contribution >= 0.6 is 0 Å². The zero-order valence-corrected chi connectivity index (χ0v) is 25.4. The third-order valence-electron chi connectivity index (χ3n) is 7.84. The van der Waals surface area contributed by atoms with Gasteiger partial charge < -0.3 is 19.5 Å². The molecule has 44 heavy (non-hydrogen) atoms. The zero-order chi connectivity index (χ0) is 30.8. The molecule has 1 aliphatic heterocycles. The highest BCUT2D eigenvalue weighted by Gasteiger charge is 2.39. The predicted octanol–water partition coefficient (Wildman–Crippen LogP) is 5.51. The molecular formula is C35H40N4O5. The molecule has 1 aromatic heterocycles. The van der Waals surface area contributed by atoms with Gasteiger partial charge in [-0.1, -0.05) is 90.1 Å². The molecule has 4 aromatic rings. The lowest BCUT2D eigenvalue weighted by Crippen LogP contribution is -2.46. The van der Waals surface area contributed by atoms with Crippen LogP contribution < -0.4 is 5.32 Å². The van der Waals surface area contributed by atoms with Crippen LogP contribution in [-0.2, 0) is 39.1 Å². The maximum atomic E-state index is 13.8. The van der Waals surface area contributed by atoms with Crippen LogP contribution in [0.2, 0.25) is 0 Å². The first-order valence-electron chi connectivity index (χ1n) is 15.1. The van der Waals surface area contributed by atoms with Crippen molar-refractivity contribution in [3.05, 3.63) is 108 Å². The Kier molecular flexibility index (Phi) is 10.5. The van der Waals surface area contributed by atoms with Gasteiger partial charge in [0.1, 0.15) is 6.61 Å². The van der Waals surface area contributed by atoms with E-state index in [0.717, 1.165) is 41.5 Å². The first-order chi connectivity index (χ1) is 21.4. The van der Waals surface area contributed by atoms with E-state index in [0.29, 0.717) is 13.0 Å². The lowest BCUT2D eigenvalue weighted by Gasteiger charge is -2.33. The molecule has 1 fully saturated rings. The Labute approximate surface area is 258 Å². The van der Waals surface area contributed by atoms with Crippen molar-refractivity contribution in [3.63, 3.8) is 0 Å². The standard InChI is InChI=1S/C35H40N4O5/c1-35(25-44-32-15-9-10-20-42-32,34(41)43-24-27-11-5-3-6-12-27)22-30(36-33(40)31-23-39(2)38-37-31)21-26-16-18-29(19-17-26)28-13-7-4-8-14-28/h3-8,11-14,16-19,23,30,32H,9-10,15,20-22,24-25H2,1-2H3,(H,36,40)/t30-,32?,35+/m1/s1. The first kappa shape index (κ1) is 31.1. The minimum atomic E-state index is -1.07. The maximum Gasteiger partial charge on any atom is 0.314 e. The number of benzene rings is 3. The van der Waals surface area contributed by atoms with Crippen LogP contribution in [0.25, 0.3) is 11.1 Å². The molecule has 1 saturated heterocycles. The van der Waals surface area contributed by atoms with Crippen LogP contribution in [0.3, 0.4) is 0 Å². The van der Waals surface area contributed by atoms with Gasteiger partial charge in [-0.25, -0.2) is 0 Å². The number of carbonyl (C=O) groups excluding carboxylic acids is 2. The molecule has 1 amide bonds. The minimum Gasteiger partial charge on any atom is -0.460 e. The van der Waals surface area contributed by atoms with Gasteiger partial charge in [-0.05, 0) is 61.3 Å². The number of amides is 1. The van der Waals surface area contributed by atoms with Crippen LogP contribution in [0.1, 0.15) is 54.2 Å². The molecule has 1 unspecified atom stereocenters. The van der Waals surface area contributed by atoms with Crippen molar-refractivity contribution in [2.75, 3.05) is 13.2 Å². The summed E-state index contributed by atoms with van der Waals surface area (Å²) in [5, 5.41) is 11.0. The number of esters is 1. The molecular weight excluding hydrogens is 556 g/mol. The summed E-state index contributed by atoms with van der Waals surface area (Å²) < 4.78 is 19.3. The number of carbonyl (C=O) groups is 2. The number of rotatable bonds is 13. The number of ether oxygens (including phenoxy) is 3. The van der Waals surface area contributed by atoms with Crippen LogP contribution in [0, 0.1) is 5.41 Å². The van der Waals surface area contributed by atoms with Crippen LogP contribution in [0.4, 0.5) is 0 Å². The summed E-state index contributed by atoms with van der Waals surface area (Å²) in [6.07, 6.45) is 4.74. The van der Waals surface area contributed by atoms with E-state index >= 15 is 0 Å². The molecule has 0 spiro atoms. The number of aryl methyl sites for hydroxylation is 1. The number of nitrogens with one attached hydrogen (secondary N) is 1. The van der Waals surface area contributed by atoms with Gasteiger partial charge in [0.25, 0.3) is 5.91 Å². The predicted molar refractivity (Wildman–Crippen MR) is 166 cm³/mol. The van der Waals surface area contributed by atoms with E-state index in [1.807, 2.05) is 55.5 Å². The molecule has 0 radical (unpaired) electrons. The van der Waals surface area contributed by atoms with Crippen molar-refractivity contribution in [1.29, 1.82) is 0 Å². The van der Waals surface area contributed by atoms with E-state index < -0.39 is 17.4 Å². The van der Waals surface area contributed by atoms with E-state index in [2.05, 4.69) is 52.0 Å². The molecule has 0 aliphatic carbocycles. The quantitative estimate of drug-likeness (QED) is 0.203. The fourth-order valence-electron chi connectivity index (χ4n) is 5.40. The van der Waals surface area contributed by atoms with Crippen molar-refractivity contribution in [2.45, 2.75) is 58.0 Å². The molecule has 0 saturated carbocycles. The summed E-state index contributed by atoms with van der Waals surface area (Å²) in [7, 11) is 1.71. The van der Waals surface area contributed by atoms with Crippen molar-refractivity contribution in [2.24, 2.45) is 12.5 Å². The highest BCUT2D eigenvalue weighted by atomic mass is 16.7. The Morgan fingerprint density at radius 1 is 0.977 bits per heavy atom. The summed E-state index contributed by atoms with van der Waals surface area (Å²) in [5.41, 5.74) is 3.28. The van der Waals surface area contributed by atoms with Crippen LogP contribution in [0.15, 0.2) is 91.1 Å². The molecule has 1 N–H and O–H groups in total. The van der Waals surface area contributed by atoms with Gasteiger partial charge in [-0.15, -0.1) is 5.10 Å². The number of aromatic nitrogens is 3. The second kappa shape index (κ2) is 14.9. The number of hydrogen-bond donors (Lipinski definition) is 1. The molecule has 3 aromatic carbocycles. The SMILES string of the molecule is Cn1cc(C(=O)N[C@H](Cc2ccc(-c3ccccc3)cc2)C[C@@](C)(COC2CCCCO2)C(=O)OCc2ccccc2)nn1. The van der Waals surface area contributed by atoms with Crippen molar-refractivity contribution in [1.82, 2.24) is 20.3 Å². The summed E-state index contributed by atoms with van der Waals surface area (Å²) in [6, 6.07) is 27.6. The van der Waals surface area contributed by atoms with Crippen molar-refractivity contribution in [3.8, 4) is 11.1 Å². The van der Waals surface area contributed by atoms with E-state index in [-0.39, 0.29) is 37.5 Å². The molecule has 2 heterocycles. The average Bonchev–Trinajstić information content (AvgIpc) is 3.51. The lowest BCUT2D eigenvalue weighted by atomic mass is 9.82. The summed E-state index contributed by atoms with van der Waals surface area (Å²) in [4.78, 5) is 27.1. The Morgan fingerprint density at radius 3 is 2.34 bits per heavy atom. The largest absolute Gasteiger partial charge is 0.460 e. The summed E-state index contributed by atoms with van der Waals surface area (Å²) in [6.45, 7) is 2.71. The molecule has 3 atom stereocenters. The molecule has 0 bridgehead atoms. The first-order valence-corrected chi connectivity index (χ1v) is 15.1. The monoisotopic (exact) mass is 596 g/mol. The van der Waals surface area contributed by atoms with Gasteiger partial charge in [0.2, 0.25) is 0 Å². The Balaban J connectivity index is 1.37. The molecule has 9 nitrogen and oxygen atoms in total. The van der Waals surface area contributed by atoms with Gasteiger partial charge in [0, 0.05) is 19.7 Å². The zero-order valence-electron chi connectivity index (χ0n) is 25.4. The van der Waals surface area contributed by atoms with Crippen LogP contribution in [-0.4, -0.2) is 52.4 Å². The van der Waals surface area contributed by atoms with Gasteiger partial charge in [0.15, 0.2) is 12.0 Å². The van der Waals surface area contributed by atoms with Gasteiger partial charge in [-0.2, -0.15) is 0 Å². The third-order valence-corrected chi connectivity index (χ3v) is 7.84. The fraction of sp³-hybridized carbons (Fsp3) is 0.371. The Hall–Kier alpha value is -4.34. The average molecular weight is 597 g/mol. The molecule has 230 valence electrons. The van der Waals surface area contributed by atoms with Gasteiger partial charge >= 0.3 is 5.97 Å². The lowest BCUT2D eigenvalue weighted by molar-refractivity contribution is -0.191. The maximum absolute atomic E-state index is 13.8.